The Labute approximate surface area is 166 Å². The minimum absolute atomic E-state index is 0.0719. The standard InChI is InChI=1S/C20H21BrN4O2/c1-27-12-11-25-18(23-17-3-2-9-22-19(17)25)15-8-10-24(13-15)20(26)14-4-6-16(21)7-5-14/h2-7,9,15H,8,10-13H2,1H3/t15-/m0/s1. The second-order valence-corrected chi connectivity index (χ2v) is 7.62. The molecule has 0 N–H and O–H groups in total. The van der Waals surface area contributed by atoms with Crippen molar-refractivity contribution in [2.24, 2.45) is 0 Å². The quantitative estimate of drug-likeness (QED) is 0.623. The van der Waals surface area contributed by atoms with Crippen molar-refractivity contribution >= 4 is 33.0 Å². The van der Waals surface area contributed by atoms with E-state index in [-0.39, 0.29) is 11.8 Å². The Kier molecular flexibility index (Phi) is 5.22. The lowest BCUT2D eigenvalue weighted by Gasteiger charge is -2.17. The predicted molar refractivity (Wildman–Crippen MR) is 107 cm³/mol. The molecule has 0 aliphatic carbocycles. The number of imidazole rings is 1. The molecule has 3 aromatic rings. The Bertz CT molecular complexity index is 954. The van der Waals surface area contributed by atoms with E-state index in [1.54, 1.807) is 13.3 Å². The first-order valence-electron chi connectivity index (χ1n) is 9.02. The number of hydrogen-bond acceptors (Lipinski definition) is 4. The number of halogens is 1. The van der Waals surface area contributed by atoms with Crippen LogP contribution >= 0.6 is 15.9 Å². The molecule has 3 heterocycles. The van der Waals surface area contributed by atoms with Gasteiger partial charge >= 0.3 is 0 Å². The van der Waals surface area contributed by atoms with E-state index in [0.717, 1.165) is 34.4 Å². The summed E-state index contributed by atoms with van der Waals surface area (Å²) in [5, 5.41) is 0. The molecule has 0 radical (unpaired) electrons. The highest BCUT2D eigenvalue weighted by atomic mass is 79.9. The maximum atomic E-state index is 12.8. The zero-order chi connectivity index (χ0) is 18.8. The minimum atomic E-state index is 0.0719. The highest BCUT2D eigenvalue weighted by molar-refractivity contribution is 9.10. The molecule has 140 valence electrons. The second-order valence-electron chi connectivity index (χ2n) is 6.70. The number of aromatic nitrogens is 3. The van der Waals surface area contributed by atoms with Crippen LogP contribution in [0, 0.1) is 0 Å². The summed E-state index contributed by atoms with van der Waals surface area (Å²) in [5.41, 5.74) is 2.48. The van der Waals surface area contributed by atoms with E-state index in [1.165, 1.54) is 0 Å². The molecular formula is C20H21BrN4O2. The first-order chi connectivity index (χ1) is 13.2. The van der Waals surface area contributed by atoms with Gasteiger partial charge in [-0.15, -0.1) is 0 Å². The Morgan fingerprint density at radius 3 is 2.89 bits per heavy atom. The summed E-state index contributed by atoms with van der Waals surface area (Å²) in [4.78, 5) is 24.1. The number of methoxy groups -OCH3 is 1. The van der Waals surface area contributed by atoms with Crippen LogP contribution in [0.2, 0.25) is 0 Å². The van der Waals surface area contributed by atoms with Gasteiger partial charge in [0.05, 0.1) is 6.61 Å². The van der Waals surface area contributed by atoms with Crippen molar-refractivity contribution in [3.05, 3.63) is 58.5 Å². The number of pyridine rings is 1. The van der Waals surface area contributed by atoms with Crippen molar-refractivity contribution in [2.75, 3.05) is 26.8 Å². The number of likely N-dealkylation sites (tertiary alicyclic amines) is 1. The first-order valence-corrected chi connectivity index (χ1v) is 9.81. The SMILES string of the molecule is COCCn1c([C@H]2CCN(C(=O)c3ccc(Br)cc3)C2)nc2cccnc21. The third kappa shape index (κ3) is 3.61. The van der Waals surface area contributed by atoms with Crippen LogP contribution in [0.3, 0.4) is 0 Å². The van der Waals surface area contributed by atoms with Gasteiger partial charge in [0.15, 0.2) is 5.65 Å². The topological polar surface area (TPSA) is 60.2 Å². The Morgan fingerprint density at radius 2 is 2.11 bits per heavy atom. The van der Waals surface area contributed by atoms with Gasteiger partial charge in [-0.25, -0.2) is 9.97 Å². The van der Waals surface area contributed by atoms with Gasteiger partial charge in [0.2, 0.25) is 0 Å². The molecule has 0 unspecified atom stereocenters. The summed E-state index contributed by atoms with van der Waals surface area (Å²) in [7, 11) is 1.69. The van der Waals surface area contributed by atoms with E-state index in [2.05, 4.69) is 25.5 Å². The van der Waals surface area contributed by atoms with Crippen molar-refractivity contribution in [3.8, 4) is 0 Å². The molecule has 1 aliphatic heterocycles. The summed E-state index contributed by atoms with van der Waals surface area (Å²) in [5.74, 6) is 1.27. The van der Waals surface area contributed by atoms with Crippen molar-refractivity contribution in [1.29, 1.82) is 0 Å². The molecule has 7 heteroatoms. The Balaban J connectivity index is 1.58. The number of nitrogens with zero attached hydrogens (tertiary/aromatic N) is 4. The third-order valence-corrected chi connectivity index (χ3v) is 5.51. The lowest BCUT2D eigenvalue weighted by molar-refractivity contribution is 0.0790. The maximum Gasteiger partial charge on any atom is 0.253 e. The van der Waals surface area contributed by atoms with Gasteiger partial charge in [0, 0.05) is 48.9 Å². The minimum Gasteiger partial charge on any atom is -0.383 e. The molecule has 1 atom stereocenters. The fourth-order valence-electron chi connectivity index (χ4n) is 3.62. The molecule has 0 saturated carbocycles. The van der Waals surface area contributed by atoms with Crippen molar-refractivity contribution in [2.45, 2.75) is 18.9 Å². The molecule has 0 bridgehead atoms. The number of fused-ring (bicyclic) bond motifs is 1. The van der Waals surface area contributed by atoms with E-state index in [1.807, 2.05) is 41.3 Å². The van der Waals surface area contributed by atoms with E-state index in [0.29, 0.717) is 25.3 Å². The zero-order valence-electron chi connectivity index (χ0n) is 15.1. The smallest absolute Gasteiger partial charge is 0.253 e. The van der Waals surface area contributed by atoms with E-state index < -0.39 is 0 Å². The number of carbonyl (C=O) groups is 1. The zero-order valence-corrected chi connectivity index (χ0v) is 16.7. The molecule has 6 nitrogen and oxygen atoms in total. The average Bonchev–Trinajstić information content (AvgIpc) is 3.31. The van der Waals surface area contributed by atoms with E-state index >= 15 is 0 Å². The van der Waals surface area contributed by atoms with Crippen LogP contribution in [0.1, 0.15) is 28.5 Å². The van der Waals surface area contributed by atoms with Crippen molar-refractivity contribution < 1.29 is 9.53 Å². The number of amides is 1. The van der Waals surface area contributed by atoms with Gasteiger partial charge in [-0.3, -0.25) is 4.79 Å². The maximum absolute atomic E-state index is 12.8. The number of rotatable bonds is 5. The normalized spacial score (nSPS) is 17.0. The van der Waals surface area contributed by atoms with Gasteiger partial charge in [0.25, 0.3) is 5.91 Å². The van der Waals surface area contributed by atoms with Gasteiger partial charge in [-0.05, 0) is 42.8 Å². The molecule has 1 fully saturated rings. The molecule has 1 saturated heterocycles. The second kappa shape index (κ2) is 7.78. The van der Waals surface area contributed by atoms with Gasteiger partial charge in [-0.1, -0.05) is 15.9 Å². The average molecular weight is 429 g/mol. The fourth-order valence-corrected chi connectivity index (χ4v) is 3.89. The summed E-state index contributed by atoms with van der Waals surface area (Å²) < 4.78 is 8.37. The molecule has 27 heavy (non-hydrogen) atoms. The predicted octanol–water partition coefficient (Wildman–Crippen LogP) is 3.47. The van der Waals surface area contributed by atoms with Crippen molar-refractivity contribution in [1.82, 2.24) is 19.4 Å². The Morgan fingerprint density at radius 1 is 1.30 bits per heavy atom. The van der Waals surface area contributed by atoms with Crippen LogP contribution in [0.25, 0.3) is 11.2 Å². The number of hydrogen-bond donors (Lipinski definition) is 0. The lowest BCUT2D eigenvalue weighted by atomic mass is 10.1. The van der Waals surface area contributed by atoms with E-state index in [4.69, 9.17) is 9.72 Å². The molecule has 1 aromatic carbocycles. The van der Waals surface area contributed by atoms with Gasteiger partial charge in [0.1, 0.15) is 11.3 Å². The first kappa shape index (κ1) is 18.1. The molecular weight excluding hydrogens is 408 g/mol. The molecule has 1 aliphatic rings. The van der Waals surface area contributed by atoms with Crippen molar-refractivity contribution in [3.63, 3.8) is 0 Å². The lowest BCUT2D eigenvalue weighted by Crippen LogP contribution is -2.28. The van der Waals surface area contributed by atoms with Gasteiger partial charge < -0.3 is 14.2 Å². The van der Waals surface area contributed by atoms with E-state index in [9.17, 15) is 4.79 Å². The van der Waals surface area contributed by atoms with Crippen LogP contribution in [-0.4, -0.2) is 52.1 Å². The number of benzene rings is 1. The monoisotopic (exact) mass is 428 g/mol. The Hall–Kier alpha value is -2.25. The molecule has 2 aromatic heterocycles. The fraction of sp³-hybridized carbons (Fsp3) is 0.350. The largest absolute Gasteiger partial charge is 0.383 e. The molecule has 1 amide bonds. The van der Waals surface area contributed by atoms with Crippen LogP contribution in [0.5, 0.6) is 0 Å². The summed E-state index contributed by atoms with van der Waals surface area (Å²) in [6.45, 7) is 2.71. The van der Waals surface area contributed by atoms with Gasteiger partial charge in [-0.2, -0.15) is 0 Å². The summed E-state index contributed by atoms with van der Waals surface area (Å²) >= 11 is 3.41. The van der Waals surface area contributed by atoms with Crippen LogP contribution in [0.15, 0.2) is 47.1 Å². The van der Waals surface area contributed by atoms with Crippen LogP contribution < -0.4 is 0 Å². The van der Waals surface area contributed by atoms with Crippen LogP contribution in [0.4, 0.5) is 0 Å². The third-order valence-electron chi connectivity index (χ3n) is 4.98. The highest BCUT2D eigenvalue weighted by Gasteiger charge is 2.31. The number of ether oxygens (including phenoxy) is 1. The highest BCUT2D eigenvalue weighted by Crippen LogP contribution is 2.30. The van der Waals surface area contributed by atoms with Crippen LogP contribution in [-0.2, 0) is 11.3 Å². The molecule has 4 rings (SSSR count). The summed E-state index contributed by atoms with van der Waals surface area (Å²) in [6, 6.07) is 11.4. The molecule has 0 spiro atoms. The summed E-state index contributed by atoms with van der Waals surface area (Å²) in [6.07, 6.45) is 2.69. The number of carbonyl (C=O) groups excluding carboxylic acids is 1.